The van der Waals surface area contributed by atoms with E-state index in [1.165, 1.54) is 28.6 Å². The Balaban J connectivity index is 2.58. The maximum absolute atomic E-state index is 13.4. The SMILES string of the molecule is CCc1cccc(CC)c1N(CCCC(=O)O)S(=O)(=O)c1ccc(Cl)cc1. The molecule has 0 unspecified atom stereocenters. The van der Waals surface area contributed by atoms with Gasteiger partial charge in [-0.05, 0) is 54.7 Å². The van der Waals surface area contributed by atoms with E-state index in [1.807, 2.05) is 32.0 Å². The summed E-state index contributed by atoms with van der Waals surface area (Å²) in [6, 6.07) is 11.8. The molecule has 1 N–H and O–H groups in total. The van der Waals surface area contributed by atoms with Gasteiger partial charge in [-0.25, -0.2) is 8.42 Å². The summed E-state index contributed by atoms with van der Waals surface area (Å²) in [7, 11) is -3.85. The summed E-state index contributed by atoms with van der Waals surface area (Å²) in [4.78, 5) is 11.1. The third-order valence-electron chi connectivity index (χ3n) is 4.37. The fourth-order valence-electron chi connectivity index (χ4n) is 3.00. The van der Waals surface area contributed by atoms with E-state index in [9.17, 15) is 13.2 Å². The van der Waals surface area contributed by atoms with Crippen molar-refractivity contribution in [1.82, 2.24) is 0 Å². The lowest BCUT2D eigenvalue weighted by Crippen LogP contribution is -2.34. The van der Waals surface area contributed by atoms with Gasteiger partial charge in [0.2, 0.25) is 0 Å². The number of nitrogens with zero attached hydrogens (tertiary/aromatic N) is 1. The van der Waals surface area contributed by atoms with Crippen molar-refractivity contribution >= 4 is 33.3 Å². The van der Waals surface area contributed by atoms with E-state index in [-0.39, 0.29) is 24.3 Å². The number of anilines is 1. The smallest absolute Gasteiger partial charge is 0.303 e. The lowest BCUT2D eigenvalue weighted by atomic mass is 10.0. The van der Waals surface area contributed by atoms with Crippen molar-refractivity contribution in [3.05, 3.63) is 58.6 Å². The highest BCUT2D eigenvalue weighted by Gasteiger charge is 2.28. The molecule has 5 nitrogen and oxygen atoms in total. The Kier molecular flexibility index (Phi) is 7.27. The van der Waals surface area contributed by atoms with Crippen molar-refractivity contribution in [3.8, 4) is 0 Å². The van der Waals surface area contributed by atoms with Gasteiger partial charge < -0.3 is 5.11 Å². The number of aryl methyl sites for hydroxylation is 2. The standard InChI is InChI=1S/C20H24ClNO4S/c1-3-15-7-5-8-16(4-2)20(15)22(14-6-9-19(23)24)27(25,26)18-12-10-17(21)11-13-18/h5,7-8,10-13H,3-4,6,9,14H2,1-2H3,(H,23,24). The summed E-state index contributed by atoms with van der Waals surface area (Å²) in [5.74, 6) is -0.946. The van der Waals surface area contributed by atoms with Crippen LogP contribution >= 0.6 is 11.6 Å². The second-order valence-corrected chi connectivity index (χ2v) is 8.46. The number of para-hydroxylation sites is 1. The van der Waals surface area contributed by atoms with Crippen molar-refractivity contribution in [2.24, 2.45) is 0 Å². The highest BCUT2D eigenvalue weighted by Crippen LogP contribution is 2.32. The molecule has 146 valence electrons. The molecule has 27 heavy (non-hydrogen) atoms. The van der Waals surface area contributed by atoms with Gasteiger partial charge >= 0.3 is 5.97 Å². The first-order valence-corrected chi connectivity index (χ1v) is 10.7. The zero-order chi connectivity index (χ0) is 20.0. The normalized spacial score (nSPS) is 11.4. The van der Waals surface area contributed by atoms with Crippen molar-refractivity contribution < 1.29 is 18.3 Å². The summed E-state index contributed by atoms with van der Waals surface area (Å²) in [6.07, 6.45) is 1.48. The number of carboxylic acids is 1. The number of benzene rings is 2. The van der Waals surface area contributed by atoms with Gasteiger partial charge in [0, 0.05) is 18.0 Å². The molecule has 0 fully saturated rings. The van der Waals surface area contributed by atoms with Crippen molar-refractivity contribution in [2.75, 3.05) is 10.8 Å². The zero-order valence-corrected chi connectivity index (χ0v) is 17.1. The first-order chi connectivity index (χ1) is 12.8. The molecule has 2 rings (SSSR count). The first kappa shape index (κ1) is 21.3. The highest BCUT2D eigenvalue weighted by atomic mass is 35.5. The molecule has 0 aliphatic carbocycles. The van der Waals surface area contributed by atoms with Gasteiger partial charge in [0.05, 0.1) is 10.6 Å². The van der Waals surface area contributed by atoms with E-state index < -0.39 is 16.0 Å². The van der Waals surface area contributed by atoms with E-state index in [2.05, 4.69) is 0 Å². The summed E-state index contributed by atoms with van der Waals surface area (Å²) in [5, 5.41) is 9.42. The topological polar surface area (TPSA) is 74.7 Å². The molecule has 0 aliphatic rings. The Hall–Kier alpha value is -2.05. The van der Waals surface area contributed by atoms with E-state index in [0.29, 0.717) is 23.6 Å². The van der Waals surface area contributed by atoms with E-state index in [4.69, 9.17) is 16.7 Å². The Bertz CT molecular complexity index is 872. The average molecular weight is 410 g/mol. The fraction of sp³-hybridized carbons (Fsp3) is 0.350. The maximum atomic E-state index is 13.4. The van der Waals surface area contributed by atoms with Crippen molar-refractivity contribution in [3.63, 3.8) is 0 Å². The van der Waals surface area contributed by atoms with Crippen molar-refractivity contribution in [2.45, 2.75) is 44.4 Å². The molecular formula is C20H24ClNO4S. The molecule has 2 aromatic rings. The Morgan fingerprint density at radius 3 is 2.07 bits per heavy atom. The molecule has 0 amide bonds. The molecule has 0 bridgehead atoms. The number of carbonyl (C=O) groups is 1. The van der Waals surface area contributed by atoms with Gasteiger partial charge in [-0.3, -0.25) is 9.10 Å². The zero-order valence-electron chi connectivity index (χ0n) is 15.5. The molecule has 0 spiro atoms. The lowest BCUT2D eigenvalue weighted by Gasteiger charge is -2.28. The molecular weight excluding hydrogens is 386 g/mol. The van der Waals surface area contributed by atoms with Crippen LogP contribution in [0.3, 0.4) is 0 Å². The number of rotatable bonds is 9. The molecule has 0 atom stereocenters. The number of hydrogen-bond donors (Lipinski definition) is 1. The molecule has 0 aromatic heterocycles. The van der Waals surface area contributed by atoms with Crippen molar-refractivity contribution in [1.29, 1.82) is 0 Å². The predicted octanol–water partition coefficient (Wildman–Crippen LogP) is 4.52. The summed E-state index contributed by atoms with van der Waals surface area (Å²) in [6.45, 7) is 4.05. The Labute approximate surface area is 165 Å². The number of aliphatic carboxylic acids is 1. The third kappa shape index (κ3) is 5.02. The maximum Gasteiger partial charge on any atom is 0.303 e. The van der Waals surface area contributed by atoms with Crippen LogP contribution in [0.25, 0.3) is 0 Å². The van der Waals surface area contributed by atoms with Gasteiger partial charge in [-0.2, -0.15) is 0 Å². The molecule has 0 saturated carbocycles. The van der Waals surface area contributed by atoms with Crippen LogP contribution in [-0.2, 0) is 27.7 Å². The summed E-state index contributed by atoms with van der Waals surface area (Å²) < 4.78 is 28.1. The average Bonchev–Trinajstić information content (AvgIpc) is 2.64. The molecule has 0 radical (unpaired) electrons. The van der Waals surface area contributed by atoms with Crippen LogP contribution in [0.15, 0.2) is 47.4 Å². The Morgan fingerprint density at radius 1 is 1.04 bits per heavy atom. The predicted molar refractivity (Wildman–Crippen MR) is 108 cm³/mol. The van der Waals surface area contributed by atoms with Gasteiger partial charge in [0.1, 0.15) is 0 Å². The molecule has 0 heterocycles. The number of hydrogen-bond acceptors (Lipinski definition) is 3. The van der Waals surface area contributed by atoms with Crippen LogP contribution < -0.4 is 4.31 Å². The number of carboxylic acid groups (broad SMARTS) is 1. The quantitative estimate of drug-likeness (QED) is 0.660. The largest absolute Gasteiger partial charge is 0.481 e. The van der Waals surface area contributed by atoms with Crippen LogP contribution in [0, 0.1) is 0 Å². The summed E-state index contributed by atoms with van der Waals surface area (Å²) in [5.41, 5.74) is 2.49. The minimum absolute atomic E-state index is 0.0949. The Morgan fingerprint density at radius 2 is 1.59 bits per heavy atom. The summed E-state index contributed by atoms with van der Waals surface area (Å²) >= 11 is 5.90. The number of halogens is 1. The minimum atomic E-state index is -3.85. The van der Waals surface area contributed by atoms with Gasteiger partial charge in [0.15, 0.2) is 0 Å². The highest BCUT2D eigenvalue weighted by molar-refractivity contribution is 7.92. The molecule has 0 saturated heterocycles. The van der Waals surface area contributed by atoms with Gasteiger partial charge in [-0.1, -0.05) is 43.6 Å². The van der Waals surface area contributed by atoms with Crippen LogP contribution in [0.2, 0.25) is 5.02 Å². The number of sulfonamides is 1. The van der Waals surface area contributed by atoms with E-state index in [1.54, 1.807) is 0 Å². The molecule has 0 aliphatic heterocycles. The second-order valence-electron chi connectivity index (χ2n) is 6.16. The van der Waals surface area contributed by atoms with E-state index in [0.717, 1.165) is 11.1 Å². The second kappa shape index (κ2) is 9.24. The van der Waals surface area contributed by atoms with Crippen LogP contribution in [0.5, 0.6) is 0 Å². The van der Waals surface area contributed by atoms with Gasteiger partial charge in [-0.15, -0.1) is 0 Å². The van der Waals surface area contributed by atoms with Crippen LogP contribution in [0.1, 0.15) is 37.8 Å². The molecule has 7 heteroatoms. The molecule has 2 aromatic carbocycles. The van der Waals surface area contributed by atoms with Crippen LogP contribution in [-0.4, -0.2) is 26.0 Å². The first-order valence-electron chi connectivity index (χ1n) is 8.92. The van der Waals surface area contributed by atoms with Gasteiger partial charge in [0.25, 0.3) is 10.0 Å². The lowest BCUT2D eigenvalue weighted by molar-refractivity contribution is -0.137. The van der Waals surface area contributed by atoms with E-state index >= 15 is 0 Å². The monoisotopic (exact) mass is 409 g/mol. The third-order valence-corrected chi connectivity index (χ3v) is 6.43. The van der Waals surface area contributed by atoms with Crippen LogP contribution in [0.4, 0.5) is 5.69 Å². The fourth-order valence-corrected chi connectivity index (χ4v) is 4.70. The minimum Gasteiger partial charge on any atom is -0.481 e.